The molecule has 2 heterocycles. The quantitative estimate of drug-likeness (QED) is 0.115. The van der Waals surface area contributed by atoms with Crippen molar-refractivity contribution in [2.45, 2.75) is 38.7 Å². The normalized spacial score (nSPS) is 11.3. The molecule has 2 aromatic heterocycles. The second-order valence-electron chi connectivity index (χ2n) is 8.23. The maximum atomic E-state index is 12.4. The van der Waals surface area contributed by atoms with Crippen LogP contribution in [-0.2, 0) is 24.8 Å². The highest BCUT2D eigenvalue weighted by atomic mass is 79.9. The molecule has 0 spiro atoms. The van der Waals surface area contributed by atoms with Crippen LogP contribution in [0.15, 0.2) is 64.5 Å². The van der Waals surface area contributed by atoms with E-state index in [0.29, 0.717) is 5.88 Å². The second-order valence-corrected chi connectivity index (χ2v) is 12.2. The van der Waals surface area contributed by atoms with E-state index < -0.39 is 30.6 Å². The summed E-state index contributed by atoms with van der Waals surface area (Å²) in [7, 11) is -1.73. The Balaban J connectivity index is 0.000000224. The van der Waals surface area contributed by atoms with Gasteiger partial charge in [-0.05, 0) is 76.2 Å². The van der Waals surface area contributed by atoms with E-state index in [-0.39, 0.29) is 12.1 Å². The Morgan fingerprint density at radius 3 is 1.57 bits per heavy atom. The van der Waals surface area contributed by atoms with Crippen LogP contribution in [-0.4, -0.2) is 22.3 Å². The van der Waals surface area contributed by atoms with Crippen molar-refractivity contribution in [3.63, 3.8) is 0 Å². The van der Waals surface area contributed by atoms with Gasteiger partial charge in [-0.3, -0.25) is 0 Å². The Kier molecular flexibility index (Phi) is 12.8. The van der Waals surface area contributed by atoms with Gasteiger partial charge in [0.2, 0.25) is 0 Å². The fraction of sp³-hybridized carbons (Fsp3) is 0.231. The van der Waals surface area contributed by atoms with E-state index in [1.165, 1.54) is 23.5 Å². The molecule has 3 nitrogen and oxygen atoms in total. The van der Waals surface area contributed by atoms with Crippen LogP contribution in [0.4, 0.5) is 26.3 Å². The monoisotopic (exact) mass is 686 g/mol. The predicted octanol–water partition coefficient (Wildman–Crippen LogP) is 8.18. The number of aliphatic hydroxyl groups is 1. The number of hydrogen-bond acceptors (Lipinski definition) is 5. The van der Waals surface area contributed by atoms with Crippen LogP contribution >= 0.6 is 50.2 Å². The van der Waals surface area contributed by atoms with E-state index in [0.717, 1.165) is 71.5 Å². The maximum Gasteiger partial charge on any atom is 0.488 e. The molecule has 0 saturated heterocycles. The molecule has 2 aromatic carbocycles. The molecule has 0 saturated carbocycles. The van der Waals surface area contributed by atoms with Crippen LogP contribution in [0.2, 0.25) is 0 Å². The molecule has 216 valence electrons. The van der Waals surface area contributed by atoms with Crippen molar-refractivity contribution in [1.29, 1.82) is 0 Å². The zero-order valence-corrected chi connectivity index (χ0v) is 24.9. The van der Waals surface area contributed by atoms with Crippen LogP contribution in [0, 0.1) is 13.8 Å². The zero-order chi connectivity index (χ0) is 30.3. The molecule has 0 aliphatic carbocycles. The molecule has 40 heavy (non-hydrogen) atoms. The Bertz CT molecular complexity index is 1360. The van der Waals surface area contributed by atoms with Gasteiger partial charge in [-0.25, -0.2) is 0 Å². The highest BCUT2D eigenvalue weighted by Crippen LogP contribution is 2.35. The first kappa shape index (κ1) is 34.3. The van der Waals surface area contributed by atoms with Gasteiger partial charge in [-0.2, -0.15) is 26.3 Å². The summed E-state index contributed by atoms with van der Waals surface area (Å²) in [5, 5.41) is 25.9. The Morgan fingerprint density at radius 1 is 0.775 bits per heavy atom. The topological polar surface area (TPSA) is 60.7 Å². The van der Waals surface area contributed by atoms with Gasteiger partial charge >= 0.3 is 19.5 Å². The van der Waals surface area contributed by atoms with Crippen LogP contribution in [0.25, 0.3) is 10.4 Å². The summed E-state index contributed by atoms with van der Waals surface area (Å²) in [5.41, 5.74) is 1.62. The summed E-state index contributed by atoms with van der Waals surface area (Å²) in [6, 6.07) is 12.8. The van der Waals surface area contributed by atoms with Gasteiger partial charge in [0, 0.05) is 14.6 Å². The van der Waals surface area contributed by atoms with Gasteiger partial charge in [-0.15, -0.1) is 34.3 Å². The van der Waals surface area contributed by atoms with E-state index in [2.05, 4.69) is 15.9 Å². The average molecular weight is 688 g/mol. The van der Waals surface area contributed by atoms with Crippen molar-refractivity contribution in [1.82, 2.24) is 0 Å². The third-order valence-corrected chi connectivity index (χ3v) is 8.75. The minimum atomic E-state index is -4.39. The van der Waals surface area contributed by atoms with Gasteiger partial charge in [0.15, 0.2) is 0 Å². The molecule has 0 fully saturated rings. The molecule has 0 radical (unpaired) electrons. The minimum Gasteiger partial charge on any atom is -0.423 e. The fourth-order valence-electron chi connectivity index (χ4n) is 3.10. The van der Waals surface area contributed by atoms with E-state index in [4.69, 9.17) is 26.8 Å². The van der Waals surface area contributed by atoms with Crippen LogP contribution in [0.1, 0.15) is 32.0 Å². The summed E-state index contributed by atoms with van der Waals surface area (Å²) in [5.74, 6) is 0.428. The fourth-order valence-corrected chi connectivity index (χ4v) is 6.19. The van der Waals surface area contributed by atoms with E-state index in [9.17, 15) is 26.3 Å². The predicted molar refractivity (Wildman–Crippen MR) is 153 cm³/mol. The third kappa shape index (κ3) is 10.2. The zero-order valence-electron chi connectivity index (χ0n) is 20.9. The van der Waals surface area contributed by atoms with Gasteiger partial charge < -0.3 is 15.2 Å². The lowest BCUT2D eigenvalue weighted by Crippen LogP contribution is -2.29. The molecule has 4 aromatic rings. The number of alkyl halides is 7. The number of aryl methyl sites for hydroxylation is 2. The number of halogens is 8. The summed E-state index contributed by atoms with van der Waals surface area (Å²) < 4.78 is 74.4. The largest absolute Gasteiger partial charge is 0.488 e. The van der Waals surface area contributed by atoms with Gasteiger partial charge in [0.1, 0.15) is 0 Å². The summed E-state index contributed by atoms with van der Waals surface area (Å²) in [4.78, 5) is 3.03. The molecule has 3 N–H and O–H groups in total. The van der Waals surface area contributed by atoms with Gasteiger partial charge in [-0.1, -0.05) is 36.4 Å². The lowest BCUT2D eigenvalue weighted by Gasteiger charge is -2.06. The first-order chi connectivity index (χ1) is 18.6. The van der Waals surface area contributed by atoms with Crippen molar-refractivity contribution in [2.75, 3.05) is 0 Å². The molecular formula is C26H23BBrClF6O3S2. The standard InChI is InChI=1S/C13H10ClF3S.C7H6BF3O2.C6H7BrOS/c1-8-6-11(18-12(8)7-14)9-2-4-10(5-3-9)13(15,16)17;9-7(10,11)5-1-3-6(4-2-5)8(12)13;1-4-2-6(7)9-5(4)3-8/h2-6H,7H2,1H3;1-4,12-13H;2,8H,3H2,1H3. The van der Waals surface area contributed by atoms with Crippen molar-refractivity contribution >= 4 is 62.8 Å². The number of rotatable bonds is 4. The maximum absolute atomic E-state index is 12.4. The summed E-state index contributed by atoms with van der Waals surface area (Å²) in [6.07, 6.45) is -8.68. The average Bonchev–Trinajstić information content (AvgIpc) is 3.43. The van der Waals surface area contributed by atoms with E-state index in [1.807, 2.05) is 26.0 Å². The molecule has 14 heteroatoms. The molecule has 0 aliphatic heterocycles. The summed E-state index contributed by atoms with van der Waals surface area (Å²) in [6.45, 7) is 4.09. The molecule has 0 aliphatic rings. The highest BCUT2D eigenvalue weighted by molar-refractivity contribution is 9.11. The lowest BCUT2D eigenvalue weighted by molar-refractivity contribution is -0.138. The Morgan fingerprint density at radius 2 is 1.25 bits per heavy atom. The summed E-state index contributed by atoms with van der Waals surface area (Å²) >= 11 is 12.2. The van der Waals surface area contributed by atoms with Crippen LogP contribution in [0.3, 0.4) is 0 Å². The molecule has 0 atom stereocenters. The Hall–Kier alpha value is -1.87. The molecule has 0 amide bonds. The second kappa shape index (κ2) is 14.9. The van der Waals surface area contributed by atoms with Crippen molar-refractivity contribution in [2.24, 2.45) is 0 Å². The number of aliphatic hydroxyl groups excluding tert-OH is 1. The molecular weight excluding hydrogens is 665 g/mol. The first-order valence-electron chi connectivity index (χ1n) is 11.3. The molecule has 0 unspecified atom stereocenters. The Labute approximate surface area is 249 Å². The number of thiophene rings is 2. The minimum absolute atomic E-state index is 0.0352. The van der Waals surface area contributed by atoms with Crippen molar-refractivity contribution in [3.8, 4) is 10.4 Å². The first-order valence-corrected chi connectivity index (χ1v) is 14.2. The SMILES string of the molecule is Cc1cc(-c2ccc(C(F)(F)F)cc2)sc1CCl.Cc1cc(Br)sc1CO.OB(O)c1ccc(C(F)(F)F)cc1. The van der Waals surface area contributed by atoms with Crippen molar-refractivity contribution in [3.05, 3.63) is 96.5 Å². The number of benzene rings is 2. The lowest BCUT2D eigenvalue weighted by atomic mass is 9.80. The molecule has 0 bridgehead atoms. The van der Waals surface area contributed by atoms with Crippen molar-refractivity contribution < 1.29 is 41.5 Å². The van der Waals surface area contributed by atoms with Gasteiger partial charge in [0.25, 0.3) is 0 Å². The highest BCUT2D eigenvalue weighted by Gasteiger charge is 2.31. The number of hydrogen-bond donors (Lipinski definition) is 3. The molecule has 4 rings (SSSR count). The van der Waals surface area contributed by atoms with E-state index in [1.54, 1.807) is 11.3 Å². The van der Waals surface area contributed by atoms with Gasteiger partial charge in [0.05, 0.1) is 27.4 Å². The smallest absolute Gasteiger partial charge is 0.423 e. The van der Waals surface area contributed by atoms with Crippen LogP contribution in [0.5, 0.6) is 0 Å². The third-order valence-electron chi connectivity index (χ3n) is 5.31. The van der Waals surface area contributed by atoms with Crippen LogP contribution < -0.4 is 5.46 Å². The van der Waals surface area contributed by atoms with E-state index >= 15 is 0 Å².